The molecule has 1 unspecified atom stereocenters. The van der Waals surface area contributed by atoms with Crippen molar-refractivity contribution in [1.29, 1.82) is 0 Å². The van der Waals surface area contributed by atoms with Crippen molar-refractivity contribution < 1.29 is 13.9 Å². The van der Waals surface area contributed by atoms with Crippen LogP contribution in [0.2, 0.25) is 5.02 Å². The van der Waals surface area contributed by atoms with Gasteiger partial charge in [0.05, 0.1) is 5.02 Å². The molecule has 74 valence electrons. The monoisotopic (exact) mass is 214 g/mol. The van der Waals surface area contributed by atoms with E-state index in [0.29, 0.717) is 18.4 Å². The molecule has 1 aliphatic heterocycles. The molecule has 1 aromatic rings. The zero-order valence-corrected chi connectivity index (χ0v) is 8.05. The molecule has 0 N–H and O–H groups in total. The summed E-state index contributed by atoms with van der Waals surface area (Å²) in [5.74, 6) is -0.711. The summed E-state index contributed by atoms with van der Waals surface area (Å²) < 4.78 is 18.1. The van der Waals surface area contributed by atoms with Crippen molar-refractivity contribution >= 4 is 17.6 Å². The van der Waals surface area contributed by atoms with Crippen LogP contribution in [0.25, 0.3) is 0 Å². The van der Waals surface area contributed by atoms with Crippen LogP contribution in [-0.2, 0) is 9.53 Å². The molecule has 0 spiro atoms. The lowest BCUT2D eigenvalue weighted by Gasteiger charge is -2.09. The third-order valence-corrected chi connectivity index (χ3v) is 2.51. The molecule has 0 aromatic heterocycles. The van der Waals surface area contributed by atoms with Crippen LogP contribution in [0.5, 0.6) is 0 Å². The van der Waals surface area contributed by atoms with Gasteiger partial charge in [-0.15, -0.1) is 0 Å². The van der Waals surface area contributed by atoms with E-state index in [2.05, 4.69) is 0 Å². The zero-order valence-electron chi connectivity index (χ0n) is 7.30. The number of benzene rings is 1. The van der Waals surface area contributed by atoms with Gasteiger partial charge < -0.3 is 4.74 Å². The van der Waals surface area contributed by atoms with Crippen molar-refractivity contribution in [2.24, 2.45) is 0 Å². The van der Waals surface area contributed by atoms with Crippen molar-refractivity contribution in [1.82, 2.24) is 0 Å². The SMILES string of the molecule is O=C1CCC(c2ccc(Cl)c(F)c2)O1. The third-order valence-electron chi connectivity index (χ3n) is 2.20. The molecule has 1 aromatic carbocycles. The van der Waals surface area contributed by atoms with Crippen molar-refractivity contribution in [3.05, 3.63) is 34.6 Å². The largest absolute Gasteiger partial charge is 0.457 e. The molecule has 1 atom stereocenters. The molecule has 0 aliphatic carbocycles. The average molecular weight is 215 g/mol. The van der Waals surface area contributed by atoms with Crippen LogP contribution in [0.15, 0.2) is 18.2 Å². The number of carbonyl (C=O) groups excluding carboxylic acids is 1. The first-order chi connectivity index (χ1) is 6.66. The predicted molar refractivity (Wildman–Crippen MR) is 49.5 cm³/mol. The van der Waals surface area contributed by atoms with Gasteiger partial charge in [0.15, 0.2) is 0 Å². The zero-order chi connectivity index (χ0) is 10.1. The van der Waals surface area contributed by atoms with E-state index >= 15 is 0 Å². The fraction of sp³-hybridized carbons (Fsp3) is 0.300. The summed E-state index contributed by atoms with van der Waals surface area (Å²) in [5, 5.41) is 0.0815. The number of esters is 1. The molecule has 0 amide bonds. The van der Waals surface area contributed by atoms with Crippen LogP contribution in [0, 0.1) is 5.82 Å². The lowest BCUT2D eigenvalue weighted by Crippen LogP contribution is -1.99. The Kier molecular flexibility index (Phi) is 2.42. The van der Waals surface area contributed by atoms with Crippen molar-refractivity contribution in [3.63, 3.8) is 0 Å². The van der Waals surface area contributed by atoms with Crippen molar-refractivity contribution in [2.75, 3.05) is 0 Å². The molecule has 1 saturated heterocycles. The number of hydrogen-bond donors (Lipinski definition) is 0. The number of carbonyl (C=O) groups is 1. The number of hydrogen-bond acceptors (Lipinski definition) is 2. The summed E-state index contributed by atoms with van der Waals surface area (Å²) in [5.41, 5.74) is 0.665. The van der Waals surface area contributed by atoms with E-state index in [4.69, 9.17) is 16.3 Å². The maximum atomic E-state index is 13.1. The summed E-state index contributed by atoms with van der Waals surface area (Å²) >= 11 is 5.53. The lowest BCUT2D eigenvalue weighted by atomic mass is 10.1. The van der Waals surface area contributed by atoms with Crippen LogP contribution < -0.4 is 0 Å². The van der Waals surface area contributed by atoms with Gasteiger partial charge in [0.1, 0.15) is 11.9 Å². The Morgan fingerprint density at radius 2 is 2.29 bits per heavy atom. The molecule has 1 heterocycles. The molecular formula is C10H8ClFO2. The Morgan fingerprint density at radius 3 is 2.86 bits per heavy atom. The first-order valence-electron chi connectivity index (χ1n) is 4.31. The van der Waals surface area contributed by atoms with Crippen LogP contribution in [0.3, 0.4) is 0 Å². The molecule has 14 heavy (non-hydrogen) atoms. The van der Waals surface area contributed by atoms with Crippen LogP contribution in [0.4, 0.5) is 4.39 Å². The average Bonchev–Trinajstić information content (AvgIpc) is 2.57. The minimum absolute atomic E-state index is 0.0815. The molecule has 4 heteroatoms. The summed E-state index contributed by atoms with van der Waals surface area (Å²) in [4.78, 5) is 10.8. The Bertz CT molecular complexity index is 378. The summed E-state index contributed by atoms with van der Waals surface area (Å²) in [7, 11) is 0. The second-order valence-electron chi connectivity index (χ2n) is 3.19. The van der Waals surface area contributed by atoms with E-state index in [1.54, 1.807) is 6.07 Å². The van der Waals surface area contributed by atoms with Gasteiger partial charge in [-0.1, -0.05) is 17.7 Å². The molecule has 0 bridgehead atoms. The van der Waals surface area contributed by atoms with E-state index < -0.39 is 5.82 Å². The third kappa shape index (κ3) is 1.73. The van der Waals surface area contributed by atoms with Crippen LogP contribution in [0.1, 0.15) is 24.5 Å². The maximum absolute atomic E-state index is 13.1. The minimum Gasteiger partial charge on any atom is -0.457 e. The lowest BCUT2D eigenvalue weighted by molar-refractivity contribution is -0.141. The summed E-state index contributed by atoms with van der Waals surface area (Å²) in [6.45, 7) is 0. The predicted octanol–water partition coefficient (Wildman–Crippen LogP) is 2.86. The molecule has 0 radical (unpaired) electrons. The Labute approximate surface area is 85.6 Å². The summed E-state index contributed by atoms with van der Waals surface area (Å²) in [6.07, 6.45) is 0.698. The Balaban J connectivity index is 2.24. The standard InChI is InChI=1S/C10H8ClFO2/c11-7-2-1-6(5-8(7)12)9-3-4-10(13)14-9/h1-2,5,9H,3-4H2. The first kappa shape index (κ1) is 9.46. The van der Waals surface area contributed by atoms with Crippen LogP contribution in [-0.4, -0.2) is 5.97 Å². The highest BCUT2D eigenvalue weighted by Gasteiger charge is 2.25. The normalized spacial score (nSPS) is 21.0. The van der Waals surface area contributed by atoms with E-state index in [0.717, 1.165) is 0 Å². The topological polar surface area (TPSA) is 26.3 Å². The van der Waals surface area contributed by atoms with E-state index in [-0.39, 0.29) is 17.1 Å². The Hall–Kier alpha value is -1.09. The highest BCUT2D eigenvalue weighted by atomic mass is 35.5. The fourth-order valence-electron chi connectivity index (χ4n) is 1.47. The molecular weight excluding hydrogens is 207 g/mol. The number of ether oxygens (including phenoxy) is 1. The second kappa shape index (κ2) is 3.58. The summed E-state index contributed by atoms with van der Waals surface area (Å²) in [6, 6.07) is 4.46. The second-order valence-corrected chi connectivity index (χ2v) is 3.60. The smallest absolute Gasteiger partial charge is 0.306 e. The number of halogens is 2. The van der Waals surface area contributed by atoms with Gasteiger partial charge >= 0.3 is 5.97 Å². The molecule has 0 saturated carbocycles. The van der Waals surface area contributed by atoms with E-state index in [9.17, 15) is 9.18 Å². The minimum atomic E-state index is -0.480. The fourth-order valence-corrected chi connectivity index (χ4v) is 1.59. The van der Waals surface area contributed by atoms with Crippen LogP contribution >= 0.6 is 11.6 Å². The van der Waals surface area contributed by atoms with E-state index in [1.165, 1.54) is 12.1 Å². The van der Waals surface area contributed by atoms with Crippen molar-refractivity contribution in [2.45, 2.75) is 18.9 Å². The van der Waals surface area contributed by atoms with Gasteiger partial charge in [0.2, 0.25) is 0 Å². The highest BCUT2D eigenvalue weighted by molar-refractivity contribution is 6.30. The van der Waals surface area contributed by atoms with Gasteiger partial charge in [0.25, 0.3) is 0 Å². The van der Waals surface area contributed by atoms with Gasteiger partial charge in [-0.2, -0.15) is 0 Å². The van der Waals surface area contributed by atoms with Gasteiger partial charge in [-0.3, -0.25) is 4.79 Å². The highest BCUT2D eigenvalue weighted by Crippen LogP contribution is 2.30. The molecule has 2 nitrogen and oxygen atoms in total. The number of cyclic esters (lactones) is 1. The maximum Gasteiger partial charge on any atom is 0.306 e. The quantitative estimate of drug-likeness (QED) is 0.672. The van der Waals surface area contributed by atoms with Crippen molar-refractivity contribution in [3.8, 4) is 0 Å². The molecule has 1 aliphatic rings. The Morgan fingerprint density at radius 1 is 1.50 bits per heavy atom. The van der Waals surface area contributed by atoms with Gasteiger partial charge in [0, 0.05) is 6.42 Å². The molecule has 1 fully saturated rings. The van der Waals surface area contributed by atoms with Gasteiger partial charge in [-0.05, 0) is 24.1 Å². The van der Waals surface area contributed by atoms with E-state index in [1.807, 2.05) is 0 Å². The molecule has 2 rings (SSSR count). The van der Waals surface area contributed by atoms with Gasteiger partial charge in [-0.25, -0.2) is 4.39 Å². The first-order valence-corrected chi connectivity index (χ1v) is 4.69. The number of rotatable bonds is 1.